The Balaban J connectivity index is 2.37. The monoisotopic (exact) mass is 230 g/mol. The van der Waals surface area contributed by atoms with Crippen molar-refractivity contribution >= 4 is 11.3 Å². The SMILES string of the molecule is FC(F)(F)c1csc(-c2n[c]ccn2)n1. The van der Waals surface area contributed by atoms with Gasteiger partial charge >= 0.3 is 6.18 Å². The molecular weight excluding hydrogens is 227 g/mol. The molecule has 0 aromatic carbocycles. The second-order valence-corrected chi connectivity index (χ2v) is 3.40. The van der Waals surface area contributed by atoms with Crippen molar-refractivity contribution in [1.29, 1.82) is 0 Å². The van der Waals surface area contributed by atoms with Gasteiger partial charge in [0.2, 0.25) is 0 Å². The fraction of sp³-hybridized carbons (Fsp3) is 0.125. The van der Waals surface area contributed by atoms with E-state index in [2.05, 4.69) is 21.1 Å². The van der Waals surface area contributed by atoms with Gasteiger partial charge in [0.05, 0.1) is 6.20 Å². The summed E-state index contributed by atoms with van der Waals surface area (Å²) in [7, 11) is 0. The van der Waals surface area contributed by atoms with Crippen LogP contribution in [0.3, 0.4) is 0 Å². The first-order valence-electron chi connectivity index (χ1n) is 3.79. The molecule has 1 radical (unpaired) electrons. The van der Waals surface area contributed by atoms with Crippen molar-refractivity contribution in [2.75, 3.05) is 0 Å². The van der Waals surface area contributed by atoms with E-state index in [0.29, 0.717) is 0 Å². The summed E-state index contributed by atoms with van der Waals surface area (Å²) in [4.78, 5) is 10.9. The number of rotatable bonds is 1. The zero-order chi connectivity index (χ0) is 10.9. The third kappa shape index (κ3) is 2.12. The molecule has 0 saturated heterocycles. The van der Waals surface area contributed by atoms with E-state index < -0.39 is 11.9 Å². The van der Waals surface area contributed by atoms with Gasteiger partial charge in [0.25, 0.3) is 0 Å². The number of aromatic nitrogens is 3. The maximum atomic E-state index is 12.2. The predicted octanol–water partition coefficient (Wildman–Crippen LogP) is 2.42. The Labute approximate surface area is 86.6 Å². The van der Waals surface area contributed by atoms with Gasteiger partial charge in [-0.25, -0.2) is 15.0 Å². The maximum absolute atomic E-state index is 12.2. The van der Waals surface area contributed by atoms with E-state index in [4.69, 9.17) is 0 Å². The summed E-state index contributed by atoms with van der Waals surface area (Å²) < 4.78 is 36.6. The Hall–Kier alpha value is -1.50. The van der Waals surface area contributed by atoms with Gasteiger partial charge in [-0.1, -0.05) is 0 Å². The number of hydrogen-bond acceptors (Lipinski definition) is 4. The minimum Gasteiger partial charge on any atom is -0.234 e. The van der Waals surface area contributed by atoms with Gasteiger partial charge in [0.15, 0.2) is 16.5 Å². The molecule has 7 heteroatoms. The molecule has 0 N–H and O–H groups in total. The number of alkyl halides is 3. The predicted molar refractivity (Wildman–Crippen MR) is 47.0 cm³/mol. The van der Waals surface area contributed by atoms with Gasteiger partial charge in [-0.15, -0.1) is 11.3 Å². The largest absolute Gasteiger partial charge is 0.434 e. The summed E-state index contributed by atoms with van der Waals surface area (Å²) >= 11 is 0.853. The van der Waals surface area contributed by atoms with E-state index in [1.54, 1.807) is 0 Å². The lowest BCUT2D eigenvalue weighted by Crippen LogP contribution is -2.05. The van der Waals surface area contributed by atoms with Gasteiger partial charge in [-0.05, 0) is 6.07 Å². The molecule has 0 atom stereocenters. The molecule has 2 aromatic rings. The van der Waals surface area contributed by atoms with Crippen LogP contribution < -0.4 is 0 Å². The Morgan fingerprint density at radius 1 is 1.33 bits per heavy atom. The number of hydrogen-bond donors (Lipinski definition) is 0. The molecule has 0 fully saturated rings. The van der Waals surface area contributed by atoms with Crippen molar-refractivity contribution in [2.45, 2.75) is 6.18 Å². The molecular formula is C8H3F3N3S. The molecule has 0 aliphatic carbocycles. The van der Waals surface area contributed by atoms with Gasteiger partial charge in [-0.3, -0.25) is 0 Å². The molecule has 2 heterocycles. The topological polar surface area (TPSA) is 38.7 Å². The highest BCUT2D eigenvalue weighted by Gasteiger charge is 2.34. The van der Waals surface area contributed by atoms with Crippen LogP contribution in [0.15, 0.2) is 17.6 Å². The Kier molecular flexibility index (Phi) is 2.39. The van der Waals surface area contributed by atoms with Crippen LogP contribution in [-0.4, -0.2) is 15.0 Å². The highest BCUT2D eigenvalue weighted by Crippen LogP contribution is 2.32. The second-order valence-electron chi connectivity index (χ2n) is 2.55. The lowest BCUT2D eigenvalue weighted by atomic mass is 10.5. The lowest BCUT2D eigenvalue weighted by molar-refractivity contribution is -0.140. The summed E-state index contributed by atoms with van der Waals surface area (Å²) in [6.45, 7) is 0. The van der Waals surface area contributed by atoms with Crippen LogP contribution in [0.25, 0.3) is 10.8 Å². The van der Waals surface area contributed by atoms with Crippen LogP contribution in [0.2, 0.25) is 0 Å². The van der Waals surface area contributed by atoms with Gasteiger partial charge in [-0.2, -0.15) is 13.2 Å². The van der Waals surface area contributed by atoms with E-state index in [1.165, 1.54) is 12.3 Å². The van der Waals surface area contributed by atoms with E-state index >= 15 is 0 Å². The average molecular weight is 230 g/mol. The highest BCUT2D eigenvalue weighted by atomic mass is 32.1. The van der Waals surface area contributed by atoms with Crippen LogP contribution in [-0.2, 0) is 6.18 Å². The molecule has 2 rings (SSSR count). The Morgan fingerprint density at radius 3 is 2.67 bits per heavy atom. The number of thiazole rings is 1. The Morgan fingerprint density at radius 2 is 2.13 bits per heavy atom. The third-order valence-electron chi connectivity index (χ3n) is 1.50. The fourth-order valence-electron chi connectivity index (χ4n) is 0.878. The maximum Gasteiger partial charge on any atom is 0.434 e. The van der Waals surface area contributed by atoms with Crippen LogP contribution in [0, 0.1) is 6.20 Å². The zero-order valence-corrected chi connectivity index (χ0v) is 7.93. The van der Waals surface area contributed by atoms with Gasteiger partial charge in [0.1, 0.15) is 0 Å². The minimum atomic E-state index is -4.42. The summed E-state index contributed by atoms with van der Waals surface area (Å²) in [5.41, 5.74) is -0.921. The molecule has 0 saturated carbocycles. The van der Waals surface area contributed by atoms with Crippen LogP contribution >= 0.6 is 11.3 Å². The normalized spacial score (nSPS) is 11.7. The van der Waals surface area contributed by atoms with E-state index in [9.17, 15) is 13.2 Å². The highest BCUT2D eigenvalue weighted by molar-refractivity contribution is 7.13. The molecule has 15 heavy (non-hydrogen) atoms. The standard InChI is InChI=1S/C8H3F3N3S/c9-8(10,11)5-4-15-7(14-5)6-12-2-1-3-13-6/h1-2,4H. The van der Waals surface area contributed by atoms with E-state index in [1.807, 2.05) is 0 Å². The summed E-state index contributed by atoms with van der Waals surface area (Å²) in [5.74, 6) is 0.151. The molecule has 0 spiro atoms. The quantitative estimate of drug-likeness (QED) is 0.755. The smallest absolute Gasteiger partial charge is 0.234 e. The van der Waals surface area contributed by atoms with Crippen molar-refractivity contribution in [1.82, 2.24) is 15.0 Å². The molecule has 2 aromatic heterocycles. The minimum absolute atomic E-state index is 0.138. The molecule has 0 aliphatic heterocycles. The molecule has 77 valence electrons. The fourth-order valence-corrected chi connectivity index (χ4v) is 1.64. The summed E-state index contributed by atoms with van der Waals surface area (Å²) in [5, 5.41) is 1.07. The first kappa shape index (κ1) is 10.0. The molecule has 0 aliphatic rings. The molecule has 3 nitrogen and oxygen atoms in total. The first-order chi connectivity index (χ1) is 7.07. The van der Waals surface area contributed by atoms with E-state index in [0.717, 1.165) is 16.7 Å². The molecule has 0 unspecified atom stereocenters. The van der Waals surface area contributed by atoms with Crippen molar-refractivity contribution in [2.24, 2.45) is 0 Å². The van der Waals surface area contributed by atoms with Crippen LogP contribution in [0.1, 0.15) is 5.69 Å². The third-order valence-corrected chi connectivity index (χ3v) is 2.34. The van der Waals surface area contributed by atoms with Crippen molar-refractivity contribution in [3.05, 3.63) is 29.5 Å². The number of nitrogens with zero attached hydrogens (tertiary/aromatic N) is 3. The first-order valence-corrected chi connectivity index (χ1v) is 4.67. The van der Waals surface area contributed by atoms with Crippen molar-refractivity contribution in [3.8, 4) is 10.8 Å². The van der Waals surface area contributed by atoms with E-state index in [-0.39, 0.29) is 10.8 Å². The number of halogens is 3. The zero-order valence-electron chi connectivity index (χ0n) is 7.12. The van der Waals surface area contributed by atoms with Crippen LogP contribution in [0.4, 0.5) is 13.2 Å². The van der Waals surface area contributed by atoms with Crippen LogP contribution in [0.5, 0.6) is 0 Å². The lowest BCUT2D eigenvalue weighted by Gasteiger charge is -1.99. The average Bonchev–Trinajstić information content (AvgIpc) is 2.67. The van der Waals surface area contributed by atoms with Gasteiger partial charge < -0.3 is 0 Å². The van der Waals surface area contributed by atoms with Gasteiger partial charge in [0, 0.05) is 11.6 Å². The van der Waals surface area contributed by atoms with Crippen molar-refractivity contribution < 1.29 is 13.2 Å². The second kappa shape index (κ2) is 3.58. The summed E-state index contributed by atoms with van der Waals surface area (Å²) in [6, 6.07) is 1.46. The Bertz CT molecular complexity index is 452. The molecule has 0 amide bonds. The molecule has 0 bridgehead atoms. The van der Waals surface area contributed by atoms with Crippen molar-refractivity contribution in [3.63, 3.8) is 0 Å². The summed E-state index contributed by atoms with van der Waals surface area (Å²) in [6.07, 6.45) is -0.543.